The molecular weight excluding hydrogens is 440 g/mol. The van der Waals surface area contributed by atoms with Crippen molar-refractivity contribution in [1.29, 1.82) is 0 Å². The van der Waals surface area contributed by atoms with E-state index in [9.17, 15) is 19.5 Å². The third-order valence-corrected chi connectivity index (χ3v) is 6.05. The summed E-state index contributed by atoms with van der Waals surface area (Å²) in [6.07, 6.45) is -0.648. The van der Waals surface area contributed by atoms with Gasteiger partial charge in [-0.2, -0.15) is 0 Å². The summed E-state index contributed by atoms with van der Waals surface area (Å²) >= 11 is 0. The molecule has 0 fully saturated rings. The highest BCUT2D eigenvalue weighted by atomic mass is 16.5. The van der Waals surface area contributed by atoms with Gasteiger partial charge in [0.15, 0.2) is 6.04 Å². The predicted molar refractivity (Wildman–Crippen MR) is 125 cm³/mol. The number of carbonyl (C=O) groups is 3. The second kappa shape index (κ2) is 11.1. The fourth-order valence-corrected chi connectivity index (χ4v) is 4.22. The lowest BCUT2D eigenvalue weighted by Gasteiger charge is -2.32. The summed E-state index contributed by atoms with van der Waals surface area (Å²) in [6.45, 7) is 1.38. The van der Waals surface area contributed by atoms with Crippen LogP contribution < -0.4 is 10.6 Å². The Hall–Kier alpha value is -3.43. The van der Waals surface area contributed by atoms with Gasteiger partial charge in [0.1, 0.15) is 12.1 Å². The van der Waals surface area contributed by atoms with E-state index in [0.717, 1.165) is 22.3 Å². The standard InChI is InChI=1S/C25H30N2O7/c1-4-25(15-33-3,23(30)26-21(14-32-2)22(28)29)27-24(31)34-13-20-18-11-7-5-9-16(18)17-10-6-8-12-19(17)20/h5-12,20-21H,4,13-15H2,1-3H3,(H,26,30)(H,27,31)(H,28,29)/t21-,25?/m0/s1. The van der Waals surface area contributed by atoms with Gasteiger partial charge in [0.25, 0.3) is 0 Å². The number of benzene rings is 2. The number of ether oxygens (including phenoxy) is 3. The molecule has 0 aromatic heterocycles. The summed E-state index contributed by atoms with van der Waals surface area (Å²) in [5.74, 6) is -2.09. The van der Waals surface area contributed by atoms with Gasteiger partial charge in [-0.1, -0.05) is 55.5 Å². The summed E-state index contributed by atoms with van der Waals surface area (Å²) in [6, 6.07) is 14.7. The fourth-order valence-electron chi connectivity index (χ4n) is 4.22. The Bertz CT molecular complexity index is 996. The Morgan fingerprint density at radius 1 is 1.00 bits per heavy atom. The van der Waals surface area contributed by atoms with Gasteiger partial charge < -0.3 is 30.0 Å². The highest BCUT2D eigenvalue weighted by Gasteiger charge is 2.41. The van der Waals surface area contributed by atoms with E-state index < -0.39 is 29.6 Å². The maximum atomic E-state index is 13.0. The SMILES string of the molecule is CCC(COC)(NC(=O)OCC1c2ccccc2-c2ccccc21)C(=O)N[C@@H](COC)C(=O)O. The van der Waals surface area contributed by atoms with E-state index in [4.69, 9.17) is 14.2 Å². The number of fused-ring (bicyclic) bond motifs is 3. The van der Waals surface area contributed by atoms with Gasteiger partial charge >= 0.3 is 12.1 Å². The molecule has 0 bridgehead atoms. The zero-order valence-corrected chi connectivity index (χ0v) is 19.5. The van der Waals surface area contributed by atoms with Crippen molar-refractivity contribution in [3.63, 3.8) is 0 Å². The van der Waals surface area contributed by atoms with Crippen LogP contribution in [0.1, 0.15) is 30.4 Å². The molecule has 9 nitrogen and oxygen atoms in total. The predicted octanol–water partition coefficient (Wildman–Crippen LogP) is 2.54. The minimum atomic E-state index is -1.52. The van der Waals surface area contributed by atoms with Crippen molar-refractivity contribution in [1.82, 2.24) is 10.6 Å². The number of hydrogen-bond acceptors (Lipinski definition) is 6. The molecule has 2 aromatic rings. The van der Waals surface area contributed by atoms with Crippen molar-refractivity contribution in [3.8, 4) is 11.1 Å². The second-order valence-electron chi connectivity index (χ2n) is 8.14. The van der Waals surface area contributed by atoms with Crippen LogP contribution in [0, 0.1) is 0 Å². The lowest BCUT2D eigenvalue weighted by atomic mass is 9.95. The van der Waals surface area contributed by atoms with E-state index in [1.54, 1.807) is 6.92 Å². The van der Waals surface area contributed by atoms with Crippen molar-refractivity contribution in [2.75, 3.05) is 34.0 Å². The molecule has 3 rings (SSSR count). The number of hydrogen-bond donors (Lipinski definition) is 3. The first-order valence-corrected chi connectivity index (χ1v) is 11.0. The molecule has 2 amide bonds. The molecule has 1 aliphatic carbocycles. The third-order valence-electron chi connectivity index (χ3n) is 6.05. The monoisotopic (exact) mass is 470 g/mol. The molecular formula is C25H30N2O7. The van der Waals surface area contributed by atoms with Crippen LogP contribution in [0.15, 0.2) is 48.5 Å². The van der Waals surface area contributed by atoms with Gasteiger partial charge in [-0.3, -0.25) is 4.79 Å². The molecule has 0 saturated heterocycles. The Kier molecular flexibility index (Phi) is 8.25. The van der Waals surface area contributed by atoms with Gasteiger partial charge in [0.05, 0.1) is 13.2 Å². The largest absolute Gasteiger partial charge is 0.480 e. The van der Waals surface area contributed by atoms with Gasteiger partial charge in [0.2, 0.25) is 5.91 Å². The number of rotatable bonds is 11. The highest BCUT2D eigenvalue weighted by Crippen LogP contribution is 2.44. The number of methoxy groups -OCH3 is 2. The van der Waals surface area contributed by atoms with Crippen molar-refractivity contribution in [3.05, 3.63) is 59.7 Å². The molecule has 2 atom stereocenters. The summed E-state index contributed by atoms with van der Waals surface area (Å²) in [5.41, 5.74) is 2.82. The molecule has 0 radical (unpaired) electrons. The maximum Gasteiger partial charge on any atom is 0.408 e. The Balaban J connectivity index is 1.73. The normalized spacial score (nSPS) is 14.9. The lowest BCUT2D eigenvalue weighted by molar-refractivity contribution is -0.145. The summed E-state index contributed by atoms with van der Waals surface area (Å²) in [7, 11) is 2.72. The lowest BCUT2D eigenvalue weighted by Crippen LogP contribution is -2.63. The van der Waals surface area contributed by atoms with E-state index >= 15 is 0 Å². The molecule has 1 aliphatic rings. The van der Waals surface area contributed by atoms with E-state index in [1.165, 1.54) is 14.2 Å². The van der Waals surface area contributed by atoms with Crippen LogP contribution in [0.5, 0.6) is 0 Å². The van der Waals surface area contributed by atoms with E-state index in [2.05, 4.69) is 10.6 Å². The molecule has 182 valence electrons. The summed E-state index contributed by atoms with van der Waals surface area (Å²) in [4.78, 5) is 37.3. The van der Waals surface area contributed by atoms with Crippen molar-refractivity contribution in [2.45, 2.75) is 30.8 Å². The van der Waals surface area contributed by atoms with Gasteiger partial charge in [-0.15, -0.1) is 0 Å². The maximum absolute atomic E-state index is 13.0. The number of aliphatic carboxylic acids is 1. The average Bonchev–Trinajstić information content (AvgIpc) is 3.15. The van der Waals surface area contributed by atoms with E-state index in [0.29, 0.717) is 0 Å². The first-order valence-electron chi connectivity index (χ1n) is 11.0. The number of nitrogens with one attached hydrogen (secondary N) is 2. The molecule has 2 aromatic carbocycles. The number of alkyl carbamates (subject to hydrolysis) is 1. The Morgan fingerprint density at radius 3 is 2.09 bits per heavy atom. The van der Waals surface area contributed by atoms with Gasteiger partial charge in [-0.25, -0.2) is 9.59 Å². The molecule has 34 heavy (non-hydrogen) atoms. The Labute approximate surface area is 198 Å². The number of carboxylic acids is 1. The minimum Gasteiger partial charge on any atom is -0.480 e. The van der Waals surface area contributed by atoms with Crippen LogP contribution in [0.25, 0.3) is 11.1 Å². The Morgan fingerprint density at radius 2 is 1.59 bits per heavy atom. The summed E-state index contributed by atoms with van der Waals surface area (Å²) in [5, 5.41) is 14.3. The van der Waals surface area contributed by atoms with E-state index in [1.807, 2.05) is 48.5 Å². The summed E-state index contributed by atoms with van der Waals surface area (Å²) < 4.78 is 15.6. The van der Waals surface area contributed by atoms with Crippen LogP contribution in [0.2, 0.25) is 0 Å². The zero-order chi connectivity index (χ0) is 24.7. The average molecular weight is 471 g/mol. The number of carboxylic acid groups (broad SMARTS) is 1. The second-order valence-corrected chi connectivity index (χ2v) is 8.14. The molecule has 0 heterocycles. The smallest absolute Gasteiger partial charge is 0.408 e. The fraction of sp³-hybridized carbons (Fsp3) is 0.400. The molecule has 0 aliphatic heterocycles. The topological polar surface area (TPSA) is 123 Å². The zero-order valence-electron chi connectivity index (χ0n) is 19.5. The van der Waals surface area contributed by atoms with Crippen molar-refractivity contribution in [2.24, 2.45) is 0 Å². The molecule has 9 heteroatoms. The van der Waals surface area contributed by atoms with Crippen LogP contribution in [-0.4, -0.2) is 68.7 Å². The molecule has 0 spiro atoms. The highest BCUT2D eigenvalue weighted by molar-refractivity contribution is 5.93. The number of amides is 2. The first-order chi connectivity index (χ1) is 16.4. The molecule has 0 saturated carbocycles. The van der Waals surface area contributed by atoms with Crippen LogP contribution >= 0.6 is 0 Å². The quantitative estimate of drug-likeness (QED) is 0.461. The minimum absolute atomic E-state index is 0.0790. The molecule has 1 unspecified atom stereocenters. The van der Waals surface area contributed by atoms with Gasteiger partial charge in [0, 0.05) is 20.1 Å². The van der Waals surface area contributed by atoms with Crippen LogP contribution in [0.4, 0.5) is 4.79 Å². The third kappa shape index (κ3) is 5.21. The van der Waals surface area contributed by atoms with E-state index in [-0.39, 0.29) is 32.2 Å². The van der Waals surface area contributed by atoms with Crippen LogP contribution in [-0.2, 0) is 23.8 Å². The van der Waals surface area contributed by atoms with Crippen molar-refractivity contribution >= 4 is 18.0 Å². The molecule has 3 N–H and O–H groups in total. The van der Waals surface area contributed by atoms with Crippen molar-refractivity contribution < 1.29 is 33.7 Å². The van der Waals surface area contributed by atoms with Crippen LogP contribution in [0.3, 0.4) is 0 Å². The van der Waals surface area contributed by atoms with Gasteiger partial charge in [-0.05, 0) is 28.7 Å². The first kappa shape index (κ1) is 25.2. The number of carbonyl (C=O) groups excluding carboxylic acids is 2.